The number of nitrogens with zero attached hydrogens (tertiary/aromatic N) is 6. The number of hydrogen-bond donors (Lipinski definition) is 1. The van der Waals surface area contributed by atoms with Crippen molar-refractivity contribution >= 4 is 11.6 Å². The molecule has 1 aliphatic heterocycles. The van der Waals surface area contributed by atoms with Gasteiger partial charge < -0.3 is 10.6 Å². The Morgan fingerprint density at radius 1 is 1.21 bits per heavy atom. The Balaban J connectivity index is 1.77. The lowest BCUT2D eigenvalue weighted by molar-refractivity contribution is 0.103. The van der Waals surface area contributed by atoms with Gasteiger partial charge in [0.15, 0.2) is 11.6 Å². The largest absolute Gasteiger partial charge is 0.355 e. The summed E-state index contributed by atoms with van der Waals surface area (Å²) in [6.07, 6.45) is 5.55. The smallest absolute Gasteiger partial charge is 0.211 e. The zero-order valence-electron chi connectivity index (χ0n) is 16.2. The molecule has 1 aromatic carbocycles. The van der Waals surface area contributed by atoms with Crippen LogP contribution in [0.2, 0.25) is 0 Å². The van der Waals surface area contributed by atoms with Gasteiger partial charge in [-0.05, 0) is 31.0 Å². The highest BCUT2D eigenvalue weighted by atomic mass is 16.1. The van der Waals surface area contributed by atoms with Crippen molar-refractivity contribution in [3.63, 3.8) is 0 Å². The molecular weight excluding hydrogens is 366 g/mol. The molecule has 0 radical (unpaired) electrons. The van der Waals surface area contributed by atoms with E-state index in [4.69, 9.17) is 5.73 Å². The Kier molecular flexibility index (Phi) is 5.06. The third-order valence-corrected chi connectivity index (χ3v) is 5.10. The van der Waals surface area contributed by atoms with Gasteiger partial charge in [0.05, 0.1) is 11.6 Å². The van der Waals surface area contributed by atoms with Gasteiger partial charge in [0.1, 0.15) is 5.69 Å². The van der Waals surface area contributed by atoms with Crippen LogP contribution in [0.1, 0.15) is 40.0 Å². The molecule has 0 unspecified atom stereocenters. The first kappa shape index (κ1) is 18.8. The van der Waals surface area contributed by atoms with Crippen LogP contribution in [0.15, 0.2) is 36.7 Å². The van der Waals surface area contributed by atoms with Gasteiger partial charge in [-0.1, -0.05) is 0 Å². The fourth-order valence-corrected chi connectivity index (χ4v) is 3.50. The number of carbonyl (C=O) groups is 1. The van der Waals surface area contributed by atoms with Gasteiger partial charge >= 0.3 is 0 Å². The molecular formula is C21H21N7O. The van der Waals surface area contributed by atoms with Crippen molar-refractivity contribution in [2.45, 2.75) is 19.4 Å². The van der Waals surface area contributed by atoms with Gasteiger partial charge in [-0.3, -0.25) is 9.48 Å². The minimum Gasteiger partial charge on any atom is -0.355 e. The quantitative estimate of drug-likeness (QED) is 0.666. The number of benzene rings is 1. The molecule has 0 aliphatic carbocycles. The number of anilines is 1. The summed E-state index contributed by atoms with van der Waals surface area (Å²) in [5.74, 6) is 0.996. The van der Waals surface area contributed by atoms with Crippen LogP contribution >= 0.6 is 0 Å². The number of nitrogens with two attached hydrogens (primary N) is 1. The number of carbonyl (C=O) groups excluding carboxylic acids is 1. The van der Waals surface area contributed by atoms with E-state index in [2.05, 4.69) is 26.0 Å². The molecule has 0 spiro atoms. The normalized spacial score (nSPS) is 13.5. The van der Waals surface area contributed by atoms with Crippen molar-refractivity contribution in [3.8, 4) is 17.5 Å². The Bertz CT molecular complexity index is 1090. The summed E-state index contributed by atoms with van der Waals surface area (Å²) in [6, 6.07) is 8.86. The molecule has 3 aromatic rings. The Hall–Kier alpha value is -3.57. The lowest BCUT2D eigenvalue weighted by Gasteiger charge is -2.12. The van der Waals surface area contributed by atoms with Crippen LogP contribution in [0.3, 0.4) is 0 Å². The van der Waals surface area contributed by atoms with E-state index >= 15 is 0 Å². The summed E-state index contributed by atoms with van der Waals surface area (Å²) in [4.78, 5) is 24.3. The van der Waals surface area contributed by atoms with Crippen molar-refractivity contribution in [2.24, 2.45) is 12.8 Å². The third kappa shape index (κ3) is 3.60. The highest BCUT2D eigenvalue weighted by Crippen LogP contribution is 2.26. The van der Waals surface area contributed by atoms with Gasteiger partial charge in [0.2, 0.25) is 5.78 Å². The number of ketones is 1. The first-order valence-corrected chi connectivity index (χ1v) is 9.50. The van der Waals surface area contributed by atoms with Crippen LogP contribution in [0.25, 0.3) is 11.4 Å². The lowest BCUT2D eigenvalue weighted by Crippen LogP contribution is -2.18. The molecule has 0 amide bonds. The minimum absolute atomic E-state index is 0.218. The van der Waals surface area contributed by atoms with Crippen molar-refractivity contribution < 1.29 is 4.79 Å². The molecule has 29 heavy (non-hydrogen) atoms. The van der Waals surface area contributed by atoms with Crippen LogP contribution in [0, 0.1) is 11.3 Å². The van der Waals surface area contributed by atoms with Gasteiger partial charge in [0.25, 0.3) is 0 Å². The third-order valence-electron chi connectivity index (χ3n) is 5.10. The summed E-state index contributed by atoms with van der Waals surface area (Å²) in [5.41, 5.74) is 8.23. The number of aromatic nitrogens is 4. The number of rotatable bonds is 5. The van der Waals surface area contributed by atoms with E-state index in [9.17, 15) is 10.1 Å². The summed E-state index contributed by atoms with van der Waals surface area (Å²) in [5, 5.41) is 13.8. The molecule has 0 saturated carbocycles. The van der Waals surface area contributed by atoms with Crippen LogP contribution in [0.4, 0.5) is 5.82 Å². The van der Waals surface area contributed by atoms with E-state index in [0.29, 0.717) is 34.8 Å². The van der Waals surface area contributed by atoms with Crippen molar-refractivity contribution in [3.05, 3.63) is 59.0 Å². The maximum atomic E-state index is 13.4. The monoisotopic (exact) mass is 387 g/mol. The molecule has 1 fully saturated rings. The number of nitriles is 1. The summed E-state index contributed by atoms with van der Waals surface area (Å²) < 4.78 is 1.59. The van der Waals surface area contributed by atoms with Gasteiger partial charge in [0, 0.05) is 61.8 Å². The molecule has 0 bridgehead atoms. The highest BCUT2D eigenvalue weighted by molar-refractivity contribution is 6.12. The maximum Gasteiger partial charge on any atom is 0.211 e. The maximum absolute atomic E-state index is 13.4. The SMILES string of the molecule is Cn1nc(N2CCCC2)cc1C(=O)c1cc(C#N)ccc1-c1ncc(CN)cn1. The average molecular weight is 387 g/mol. The predicted octanol–water partition coefficient (Wildman–Crippen LogP) is 2.04. The van der Waals surface area contributed by atoms with Crippen LogP contribution < -0.4 is 10.6 Å². The molecule has 0 atom stereocenters. The molecule has 1 saturated heterocycles. The summed E-state index contributed by atoms with van der Waals surface area (Å²) in [6.45, 7) is 2.23. The van der Waals surface area contributed by atoms with Crippen LogP contribution in [-0.2, 0) is 13.6 Å². The average Bonchev–Trinajstić information content (AvgIpc) is 3.42. The highest BCUT2D eigenvalue weighted by Gasteiger charge is 2.23. The van der Waals surface area contributed by atoms with E-state index in [0.717, 1.165) is 37.3 Å². The second-order valence-corrected chi connectivity index (χ2v) is 7.03. The second-order valence-electron chi connectivity index (χ2n) is 7.03. The zero-order chi connectivity index (χ0) is 20.4. The molecule has 8 heteroatoms. The second kappa shape index (κ2) is 7.81. The Morgan fingerprint density at radius 2 is 1.93 bits per heavy atom. The van der Waals surface area contributed by atoms with Gasteiger partial charge in [-0.2, -0.15) is 10.4 Å². The Morgan fingerprint density at radius 3 is 2.59 bits per heavy atom. The van der Waals surface area contributed by atoms with E-state index in [1.807, 2.05) is 6.07 Å². The summed E-state index contributed by atoms with van der Waals surface area (Å²) >= 11 is 0. The first-order valence-electron chi connectivity index (χ1n) is 9.50. The Labute approximate surface area is 168 Å². The zero-order valence-corrected chi connectivity index (χ0v) is 16.2. The minimum atomic E-state index is -0.218. The molecule has 1 aliphatic rings. The van der Waals surface area contributed by atoms with Crippen molar-refractivity contribution in [1.82, 2.24) is 19.7 Å². The molecule has 146 valence electrons. The van der Waals surface area contributed by atoms with Gasteiger partial charge in [-0.15, -0.1) is 0 Å². The number of aryl methyl sites for hydroxylation is 1. The fraction of sp³-hybridized carbons (Fsp3) is 0.286. The van der Waals surface area contributed by atoms with E-state index in [1.165, 1.54) is 0 Å². The van der Waals surface area contributed by atoms with E-state index in [-0.39, 0.29) is 5.78 Å². The standard InChI is InChI=1S/C21H21N7O/c1-27-18(9-19(26-27)28-6-2-3-7-28)20(29)17-8-14(10-22)4-5-16(17)21-24-12-15(11-23)13-25-21/h4-5,8-9,12-13H,2-3,6-7,11,23H2,1H3. The molecule has 2 aromatic heterocycles. The fourth-order valence-electron chi connectivity index (χ4n) is 3.50. The van der Waals surface area contributed by atoms with Crippen LogP contribution in [0.5, 0.6) is 0 Å². The number of hydrogen-bond acceptors (Lipinski definition) is 7. The topological polar surface area (TPSA) is 114 Å². The summed E-state index contributed by atoms with van der Waals surface area (Å²) in [7, 11) is 1.76. The molecule has 3 heterocycles. The lowest BCUT2D eigenvalue weighted by atomic mass is 9.98. The molecule has 2 N–H and O–H groups in total. The van der Waals surface area contributed by atoms with E-state index in [1.54, 1.807) is 42.3 Å². The van der Waals surface area contributed by atoms with Crippen molar-refractivity contribution in [2.75, 3.05) is 18.0 Å². The van der Waals surface area contributed by atoms with Crippen LogP contribution in [-0.4, -0.2) is 38.6 Å². The first-order chi connectivity index (χ1) is 14.1. The van der Waals surface area contributed by atoms with Gasteiger partial charge in [-0.25, -0.2) is 9.97 Å². The molecule has 4 rings (SSSR count). The van der Waals surface area contributed by atoms with Crippen molar-refractivity contribution in [1.29, 1.82) is 5.26 Å². The predicted molar refractivity (Wildman–Crippen MR) is 108 cm³/mol. The van der Waals surface area contributed by atoms with E-state index < -0.39 is 0 Å². The molecule has 8 nitrogen and oxygen atoms in total.